The maximum absolute atomic E-state index is 13.0. The molecule has 0 fully saturated rings. The van der Waals surface area contributed by atoms with Crippen LogP contribution in [0.25, 0.3) is 17.1 Å². The van der Waals surface area contributed by atoms with Crippen LogP contribution in [0.5, 0.6) is 11.5 Å². The number of nitrogens with zero attached hydrogens (tertiary/aromatic N) is 3. The zero-order valence-electron chi connectivity index (χ0n) is 17.9. The highest BCUT2D eigenvalue weighted by Crippen LogP contribution is 2.24. The number of benzene rings is 4. The Hall–Kier alpha value is -4.23. The van der Waals surface area contributed by atoms with Crippen LogP contribution in [-0.2, 0) is 0 Å². The number of aromatic nitrogens is 3. The number of carbonyl (C=O) groups is 1. The second kappa shape index (κ2) is 9.72. The van der Waals surface area contributed by atoms with E-state index in [0.29, 0.717) is 17.3 Å². The summed E-state index contributed by atoms with van der Waals surface area (Å²) in [5.41, 5.74) is 2.28. The Labute approximate surface area is 205 Å². The fourth-order valence-electron chi connectivity index (χ4n) is 3.36. The molecular formula is C27H19BrN4O2. The monoisotopic (exact) mass is 510 g/mol. The topological polar surface area (TPSA) is 69.0 Å². The van der Waals surface area contributed by atoms with Crippen LogP contribution in [0.1, 0.15) is 10.6 Å². The first-order valence-corrected chi connectivity index (χ1v) is 11.4. The average molecular weight is 511 g/mol. The first kappa shape index (κ1) is 21.6. The number of halogens is 1. The Morgan fingerprint density at radius 2 is 1.38 bits per heavy atom. The smallest absolute Gasteiger partial charge is 0.295 e. The number of ether oxygens (including phenoxy) is 1. The van der Waals surface area contributed by atoms with Crippen LogP contribution in [0, 0.1) is 0 Å². The van der Waals surface area contributed by atoms with E-state index in [0.717, 1.165) is 21.5 Å². The molecule has 0 aliphatic carbocycles. The van der Waals surface area contributed by atoms with E-state index in [4.69, 9.17) is 4.74 Å². The molecule has 0 saturated carbocycles. The molecule has 0 aliphatic rings. The molecule has 1 aromatic heterocycles. The number of hydrogen-bond acceptors (Lipinski definition) is 4. The van der Waals surface area contributed by atoms with Crippen LogP contribution in [-0.4, -0.2) is 20.7 Å². The van der Waals surface area contributed by atoms with Gasteiger partial charge in [0.25, 0.3) is 5.91 Å². The van der Waals surface area contributed by atoms with Crippen LogP contribution >= 0.6 is 15.9 Å². The standard InChI is InChI=1S/C27H19BrN4O2/c28-20-11-15-22(16-12-20)32-26(19-7-3-1-4-8-19)30-25(31-32)27(33)29-21-13-17-24(18-14-21)34-23-9-5-2-6-10-23/h1-18H,(H,29,33). The van der Waals surface area contributed by atoms with Gasteiger partial charge in [-0.25, -0.2) is 9.67 Å². The molecule has 1 amide bonds. The van der Waals surface area contributed by atoms with Gasteiger partial charge in [-0.3, -0.25) is 4.79 Å². The Bertz CT molecular complexity index is 1400. The van der Waals surface area contributed by atoms with E-state index < -0.39 is 5.91 Å². The van der Waals surface area contributed by atoms with Gasteiger partial charge in [0.1, 0.15) is 11.5 Å². The van der Waals surface area contributed by atoms with Crippen molar-refractivity contribution < 1.29 is 9.53 Å². The number of rotatable bonds is 6. The number of nitrogens with one attached hydrogen (secondary N) is 1. The molecule has 5 rings (SSSR count). The SMILES string of the molecule is O=C(Nc1ccc(Oc2ccccc2)cc1)c1nc(-c2ccccc2)n(-c2ccc(Br)cc2)n1. The molecule has 166 valence electrons. The Kier molecular flexibility index (Phi) is 6.18. The van der Waals surface area contributed by atoms with Crippen LogP contribution in [0.3, 0.4) is 0 Å². The van der Waals surface area contributed by atoms with Crippen molar-refractivity contribution in [2.24, 2.45) is 0 Å². The molecule has 0 unspecified atom stereocenters. The molecule has 1 heterocycles. The predicted octanol–water partition coefficient (Wildman–Crippen LogP) is 6.74. The van der Waals surface area contributed by atoms with Crippen molar-refractivity contribution in [3.8, 4) is 28.6 Å². The van der Waals surface area contributed by atoms with Crippen LogP contribution in [0.15, 0.2) is 114 Å². The highest BCUT2D eigenvalue weighted by Gasteiger charge is 2.19. The molecule has 0 spiro atoms. The van der Waals surface area contributed by atoms with Crippen molar-refractivity contribution in [3.63, 3.8) is 0 Å². The lowest BCUT2D eigenvalue weighted by atomic mass is 10.2. The van der Waals surface area contributed by atoms with E-state index in [-0.39, 0.29) is 5.82 Å². The molecule has 1 N–H and O–H groups in total. The third-order valence-electron chi connectivity index (χ3n) is 5.00. The number of anilines is 1. The van der Waals surface area contributed by atoms with Gasteiger partial charge in [-0.15, -0.1) is 5.10 Å². The summed E-state index contributed by atoms with van der Waals surface area (Å²) in [5, 5.41) is 7.37. The summed E-state index contributed by atoms with van der Waals surface area (Å²) >= 11 is 3.45. The van der Waals surface area contributed by atoms with Crippen molar-refractivity contribution in [2.45, 2.75) is 0 Å². The van der Waals surface area contributed by atoms with Crippen molar-refractivity contribution in [2.75, 3.05) is 5.32 Å². The predicted molar refractivity (Wildman–Crippen MR) is 135 cm³/mol. The van der Waals surface area contributed by atoms with Crippen LogP contribution in [0.4, 0.5) is 5.69 Å². The summed E-state index contributed by atoms with van der Waals surface area (Å²) in [4.78, 5) is 17.5. The van der Waals surface area contributed by atoms with Gasteiger partial charge in [0.15, 0.2) is 5.82 Å². The van der Waals surface area contributed by atoms with Gasteiger partial charge in [0, 0.05) is 15.7 Å². The highest BCUT2D eigenvalue weighted by atomic mass is 79.9. The summed E-state index contributed by atoms with van der Waals surface area (Å²) in [6.07, 6.45) is 0. The van der Waals surface area contributed by atoms with E-state index in [2.05, 4.69) is 31.3 Å². The Morgan fingerprint density at radius 1 is 0.765 bits per heavy atom. The molecule has 34 heavy (non-hydrogen) atoms. The average Bonchev–Trinajstić information content (AvgIpc) is 3.33. The Balaban J connectivity index is 1.39. The first-order chi connectivity index (χ1) is 16.7. The van der Waals surface area contributed by atoms with Crippen molar-refractivity contribution >= 4 is 27.5 Å². The summed E-state index contributed by atoms with van der Waals surface area (Å²) in [6.45, 7) is 0. The van der Waals surface area contributed by atoms with Gasteiger partial charge in [-0.2, -0.15) is 0 Å². The highest BCUT2D eigenvalue weighted by molar-refractivity contribution is 9.10. The second-order valence-corrected chi connectivity index (χ2v) is 8.32. The molecule has 0 bridgehead atoms. The lowest BCUT2D eigenvalue weighted by Crippen LogP contribution is -2.14. The van der Waals surface area contributed by atoms with Gasteiger partial charge in [0.05, 0.1) is 5.69 Å². The van der Waals surface area contributed by atoms with Gasteiger partial charge in [0.2, 0.25) is 5.82 Å². The minimum atomic E-state index is -0.398. The van der Waals surface area contributed by atoms with Gasteiger partial charge in [-0.1, -0.05) is 64.5 Å². The molecule has 0 aliphatic heterocycles. The fraction of sp³-hybridized carbons (Fsp3) is 0. The van der Waals surface area contributed by atoms with Gasteiger partial charge < -0.3 is 10.1 Å². The maximum atomic E-state index is 13.0. The summed E-state index contributed by atoms with van der Waals surface area (Å²) in [7, 11) is 0. The normalized spacial score (nSPS) is 10.6. The Morgan fingerprint density at radius 3 is 2.06 bits per heavy atom. The van der Waals surface area contributed by atoms with E-state index in [1.165, 1.54) is 0 Å². The third kappa shape index (κ3) is 4.89. The number of amides is 1. The zero-order valence-corrected chi connectivity index (χ0v) is 19.5. The lowest BCUT2D eigenvalue weighted by Gasteiger charge is -2.07. The van der Waals surface area contributed by atoms with Crippen LogP contribution < -0.4 is 10.1 Å². The molecule has 4 aromatic carbocycles. The number of para-hydroxylation sites is 1. The van der Waals surface area contributed by atoms with E-state index in [9.17, 15) is 4.79 Å². The van der Waals surface area contributed by atoms with Gasteiger partial charge in [-0.05, 0) is 60.7 Å². The van der Waals surface area contributed by atoms with Crippen molar-refractivity contribution in [1.29, 1.82) is 0 Å². The maximum Gasteiger partial charge on any atom is 0.295 e. The minimum absolute atomic E-state index is 0.0754. The summed E-state index contributed by atoms with van der Waals surface area (Å²) in [5.74, 6) is 1.68. The van der Waals surface area contributed by atoms with E-state index in [1.54, 1.807) is 28.9 Å². The second-order valence-electron chi connectivity index (χ2n) is 7.41. The molecule has 5 aromatic rings. The van der Waals surface area contributed by atoms with Crippen molar-refractivity contribution in [3.05, 3.63) is 119 Å². The molecule has 0 atom stereocenters. The first-order valence-electron chi connectivity index (χ1n) is 10.6. The lowest BCUT2D eigenvalue weighted by molar-refractivity contribution is 0.101. The summed E-state index contributed by atoms with van der Waals surface area (Å²) in [6, 6.07) is 34.0. The quantitative estimate of drug-likeness (QED) is 0.274. The fourth-order valence-corrected chi connectivity index (χ4v) is 3.63. The zero-order chi connectivity index (χ0) is 23.3. The van der Waals surface area contributed by atoms with E-state index >= 15 is 0 Å². The van der Waals surface area contributed by atoms with Crippen molar-refractivity contribution in [1.82, 2.24) is 14.8 Å². The summed E-state index contributed by atoms with van der Waals surface area (Å²) < 4.78 is 8.43. The number of carbonyl (C=O) groups excluding carboxylic acids is 1. The minimum Gasteiger partial charge on any atom is -0.457 e. The van der Waals surface area contributed by atoms with Crippen LogP contribution in [0.2, 0.25) is 0 Å². The molecule has 6 nitrogen and oxygen atoms in total. The number of hydrogen-bond donors (Lipinski definition) is 1. The van der Waals surface area contributed by atoms with E-state index in [1.807, 2.05) is 84.9 Å². The largest absolute Gasteiger partial charge is 0.457 e. The molecule has 7 heteroatoms. The molecular weight excluding hydrogens is 492 g/mol. The third-order valence-corrected chi connectivity index (χ3v) is 5.53. The molecule has 0 radical (unpaired) electrons. The molecule has 0 saturated heterocycles. The van der Waals surface area contributed by atoms with Gasteiger partial charge >= 0.3 is 0 Å².